The summed E-state index contributed by atoms with van der Waals surface area (Å²) in [6, 6.07) is 10.1. The topological polar surface area (TPSA) is 38.3 Å². The SMILES string of the molecule is Cc1cc(F)ccc1-c1ccc2c(c1)C(=O)NCCO2. The van der Waals surface area contributed by atoms with Gasteiger partial charge >= 0.3 is 0 Å². The van der Waals surface area contributed by atoms with Crippen LogP contribution in [-0.2, 0) is 0 Å². The molecule has 2 aromatic carbocycles. The molecule has 0 spiro atoms. The average Bonchev–Trinajstić information content (AvgIpc) is 2.61. The van der Waals surface area contributed by atoms with E-state index in [-0.39, 0.29) is 11.7 Å². The Morgan fingerprint density at radius 3 is 2.80 bits per heavy atom. The van der Waals surface area contributed by atoms with Crippen molar-refractivity contribution >= 4 is 5.91 Å². The van der Waals surface area contributed by atoms with Crippen molar-refractivity contribution in [3.8, 4) is 16.9 Å². The third-order valence-electron chi connectivity index (χ3n) is 3.37. The predicted octanol–water partition coefficient (Wildman–Crippen LogP) is 2.92. The van der Waals surface area contributed by atoms with Gasteiger partial charge in [-0.1, -0.05) is 12.1 Å². The summed E-state index contributed by atoms with van der Waals surface area (Å²) >= 11 is 0. The summed E-state index contributed by atoms with van der Waals surface area (Å²) in [6.45, 7) is 2.81. The van der Waals surface area contributed by atoms with Crippen LogP contribution in [0.2, 0.25) is 0 Å². The first-order valence-corrected chi connectivity index (χ1v) is 6.47. The zero-order valence-electron chi connectivity index (χ0n) is 11.1. The highest BCUT2D eigenvalue weighted by Gasteiger charge is 2.17. The molecule has 0 aliphatic carbocycles. The maximum atomic E-state index is 13.2. The maximum Gasteiger partial charge on any atom is 0.255 e. The Morgan fingerprint density at radius 2 is 2.00 bits per heavy atom. The molecule has 0 fully saturated rings. The minimum absolute atomic E-state index is 0.140. The molecule has 20 heavy (non-hydrogen) atoms. The van der Waals surface area contributed by atoms with Gasteiger partial charge in [0.25, 0.3) is 5.91 Å². The van der Waals surface area contributed by atoms with E-state index in [1.807, 2.05) is 13.0 Å². The molecule has 3 rings (SSSR count). The van der Waals surface area contributed by atoms with Crippen LogP contribution >= 0.6 is 0 Å². The quantitative estimate of drug-likeness (QED) is 0.866. The van der Waals surface area contributed by atoms with Crippen molar-refractivity contribution in [1.29, 1.82) is 0 Å². The predicted molar refractivity (Wildman–Crippen MR) is 74.4 cm³/mol. The fourth-order valence-corrected chi connectivity index (χ4v) is 2.37. The summed E-state index contributed by atoms with van der Waals surface area (Å²) in [7, 11) is 0. The molecule has 3 nitrogen and oxygen atoms in total. The fourth-order valence-electron chi connectivity index (χ4n) is 2.37. The largest absolute Gasteiger partial charge is 0.491 e. The minimum Gasteiger partial charge on any atom is -0.491 e. The van der Waals surface area contributed by atoms with Crippen LogP contribution < -0.4 is 10.1 Å². The van der Waals surface area contributed by atoms with Crippen LogP contribution in [0.25, 0.3) is 11.1 Å². The minimum atomic E-state index is -0.262. The van der Waals surface area contributed by atoms with Crippen molar-refractivity contribution in [2.24, 2.45) is 0 Å². The first kappa shape index (κ1) is 12.7. The molecule has 0 bridgehead atoms. The van der Waals surface area contributed by atoms with Gasteiger partial charge in [-0.2, -0.15) is 0 Å². The number of hydrogen-bond acceptors (Lipinski definition) is 2. The molecule has 0 saturated carbocycles. The number of fused-ring (bicyclic) bond motifs is 1. The molecule has 0 radical (unpaired) electrons. The number of aryl methyl sites for hydroxylation is 1. The summed E-state index contributed by atoms with van der Waals surface area (Å²) in [6.07, 6.45) is 0. The van der Waals surface area contributed by atoms with Gasteiger partial charge in [0.1, 0.15) is 18.2 Å². The first-order chi connectivity index (χ1) is 9.65. The monoisotopic (exact) mass is 271 g/mol. The summed E-state index contributed by atoms with van der Waals surface area (Å²) in [5.41, 5.74) is 3.14. The van der Waals surface area contributed by atoms with Crippen molar-refractivity contribution in [3.05, 3.63) is 53.3 Å². The molecule has 1 aliphatic heterocycles. The molecular weight excluding hydrogens is 257 g/mol. The highest BCUT2D eigenvalue weighted by atomic mass is 19.1. The standard InChI is InChI=1S/C16H14FNO2/c1-10-8-12(17)3-4-13(10)11-2-5-15-14(9-11)16(19)18-6-7-20-15/h2-5,8-9H,6-7H2,1H3,(H,18,19). The first-order valence-electron chi connectivity index (χ1n) is 6.47. The van der Waals surface area contributed by atoms with Gasteiger partial charge in [0, 0.05) is 0 Å². The van der Waals surface area contributed by atoms with E-state index >= 15 is 0 Å². The van der Waals surface area contributed by atoms with E-state index < -0.39 is 0 Å². The van der Waals surface area contributed by atoms with E-state index in [0.29, 0.717) is 24.5 Å². The highest BCUT2D eigenvalue weighted by molar-refractivity contribution is 5.98. The smallest absolute Gasteiger partial charge is 0.255 e. The molecule has 0 aromatic heterocycles. The molecule has 1 N–H and O–H groups in total. The number of halogens is 1. The van der Waals surface area contributed by atoms with Crippen molar-refractivity contribution < 1.29 is 13.9 Å². The number of carbonyl (C=O) groups is 1. The van der Waals surface area contributed by atoms with E-state index in [9.17, 15) is 9.18 Å². The number of rotatable bonds is 1. The second-order valence-corrected chi connectivity index (χ2v) is 4.77. The van der Waals surface area contributed by atoms with E-state index in [4.69, 9.17) is 4.74 Å². The van der Waals surface area contributed by atoms with Crippen LogP contribution in [0.3, 0.4) is 0 Å². The summed E-state index contributed by atoms with van der Waals surface area (Å²) in [5, 5.41) is 2.78. The Kier molecular flexibility index (Phi) is 3.14. The molecule has 0 atom stereocenters. The Balaban J connectivity index is 2.09. The van der Waals surface area contributed by atoms with Crippen LogP contribution in [0.5, 0.6) is 5.75 Å². The van der Waals surface area contributed by atoms with Crippen molar-refractivity contribution in [1.82, 2.24) is 5.32 Å². The van der Waals surface area contributed by atoms with Gasteiger partial charge in [0.05, 0.1) is 12.1 Å². The van der Waals surface area contributed by atoms with Crippen molar-refractivity contribution in [2.45, 2.75) is 6.92 Å². The number of amides is 1. The molecule has 1 heterocycles. The van der Waals surface area contributed by atoms with E-state index in [1.165, 1.54) is 12.1 Å². The molecule has 1 amide bonds. The van der Waals surface area contributed by atoms with E-state index in [2.05, 4.69) is 5.32 Å². The zero-order valence-corrected chi connectivity index (χ0v) is 11.1. The molecular formula is C16H14FNO2. The van der Waals surface area contributed by atoms with Gasteiger partial charge in [-0.25, -0.2) is 4.39 Å². The van der Waals surface area contributed by atoms with Crippen LogP contribution in [0.15, 0.2) is 36.4 Å². The third-order valence-corrected chi connectivity index (χ3v) is 3.37. The number of benzene rings is 2. The number of ether oxygens (including phenoxy) is 1. The molecule has 102 valence electrons. The van der Waals surface area contributed by atoms with E-state index in [0.717, 1.165) is 16.7 Å². The lowest BCUT2D eigenvalue weighted by molar-refractivity contribution is 0.0957. The van der Waals surface area contributed by atoms with Crippen LogP contribution in [0.4, 0.5) is 4.39 Å². The van der Waals surface area contributed by atoms with E-state index in [1.54, 1.807) is 18.2 Å². The molecule has 2 aromatic rings. The molecule has 1 aliphatic rings. The second kappa shape index (κ2) is 4.96. The molecule has 4 heteroatoms. The van der Waals surface area contributed by atoms with Gasteiger partial charge in [-0.3, -0.25) is 4.79 Å². The zero-order chi connectivity index (χ0) is 14.1. The molecule has 0 unspecified atom stereocenters. The lowest BCUT2D eigenvalue weighted by Gasteiger charge is -2.10. The normalized spacial score (nSPS) is 14.0. The van der Waals surface area contributed by atoms with Crippen LogP contribution in [0, 0.1) is 12.7 Å². The third kappa shape index (κ3) is 2.25. The second-order valence-electron chi connectivity index (χ2n) is 4.77. The Bertz CT molecular complexity index is 682. The average molecular weight is 271 g/mol. The maximum absolute atomic E-state index is 13.2. The summed E-state index contributed by atoms with van der Waals surface area (Å²) < 4.78 is 18.7. The van der Waals surface area contributed by atoms with Crippen molar-refractivity contribution in [3.63, 3.8) is 0 Å². The number of hydrogen-bond donors (Lipinski definition) is 1. The van der Waals surface area contributed by atoms with Gasteiger partial charge in [0.15, 0.2) is 0 Å². The number of carbonyl (C=O) groups excluding carboxylic acids is 1. The lowest BCUT2D eigenvalue weighted by Crippen LogP contribution is -2.24. The Hall–Kier alpha value is -2.36. The van der Waals surface area contributed by atoms with Crippen molar-refractivity contribution in [2.75, 3.05) is 13.2 Å². The van der Waals surface area contributed by atoms with Gasteiger partial charge in [-0.15, -0.1) is 0 Å². The highest BCUT2D eigenvalue weighted by Crippen LogP contribution is 2.29. The lowest BCUT2D eigenvalue weighted by atomic mass is 9.98. The Labute approximate surface area is 116 Å². The van der Waals surface area contributed by atoms with Crippen LogP contribution in [-0.4, -0.2) is 19.1 Å². The summed E-state index contributed by atoms with van der Waals surface area (Å²) in [5.74, 6) is 0.185. The van der Waals surface area contributed by atoms with Gasteiger partial charge < -0.3 is 10.1 Å². The number of nitrogens with one attached hydrogen (secondary N) is 1. The van der Waals surface area contributed by atoms with Gasteiger partial charge in [0.2, 0.25) is 0 Å². The molecule has 0 saturated heterocycles. The Morgan fingerprint density at radius 1 is 1.15 bits per heavy atom. The van der Waals surface area contributed by atoms with Crippen LogP contribution in [0.1, 0.15) is 15.9 Å². The summed E-state index contributed by atoms with van der Waals surface area (Å²) in [4.78, 5) is 12.0. The van der Waals surface area contributed by atoms with Gasteiger partial charge in [-0.05, 0) is 47.9 Å². The fraction of sp³-hybridized carbons (Fsp3) is 0.188.